The van der Waals surface area contributed by atoms with Crippen molar-refractivity contribution >= 4 is 23.5 Å². The molecule has 2 aliphatic heterocycles. The minimum atomic E-state index is -1.67. The smallest absolute Gasteiger partial charge is 0.227 e. The zero-order valence-corrected chi connectivity index (χ0v) is 25.9. The second-order valence-electron chi connectivity index (χ2n) is 12.7. The molecule has 45 heavy (non-hydrogen) atoms. The monoisotopic (exact) mass is 651 g/mol. The van der Waals surface area contributed by atoms with Crippen molar-refractivity contribution < 1.29 is 39.5 Å². The van der Waals surface area contributed by atoms with Gasteiger partial charge in [0.15, 0.2) is 0 Å². The van der Waals surface area contributed by atoms with Crippen LogP contribution < -0.4 is 10.2 Å². The molecule has 1 amide bonds. The van der Waals surface area contributed by atoms with Gasteiger partial charge in [-0.15, -0.1) is 0 Å². The number of carbonyl (C=O) groups excluding carboxylic acids is 1. The third kappa shape index (κ3) is 8.46. The van der Waals surface area contributed by atoms with Crippen molar-refractivity contribution in [1.82, 2.24) is 20.2 Å². The highest BCUT2D eigenvalue weighted by Gasteiger charge is 2.54. The first-order chi connectivity index (χ1) is 21.6. The molecule has 1 saturated carbocycles. The molecule has 3 aliphatic rings. The van der Waals surface area contributed by atoms with Gasteiger partial charge in [0.1, 0.15) is 24.1 Å². The molecule has 5 rings (SSSR count). The first-order valence-electron chi connectivity index (χ1n) is 15.5. The van der Waals surface area contributed by atoms with Gasteiger partial charge in [0, 0.05) is 45.2 Å². The summed E-state index contributed by atoms with van der Waals surface area (Å²) in [5.74, 6) is 0.746. The number of aliphatic hydroxyl groups is 5. The number of piperidine rings is 1. The van der Waals surface area contributed by atoms with Crippen molar-refractivity contribution in [3.8, 4) is 0 Å². The Hall–Kier alpha value is -2.49. The third-order valence-corrected chi connectivity index (χ3v) is 9.67. The van der Waals surface area contributed by atoms with E-state index in [9.17, 15) is 29.6 Å². The van der Waals surface area contributed by atoms with Crippen molar-refractivity contribution in [3.05, 3.63) is 52.6 Å². The number of carbonyl (C=O) groups is 1. The molecule has 0 bridgehead atoms. The Kier molecular flexibility index (Phi) is 11.2. The van der Waals surface area contributed by atoms with Gasteiger partial charge < -0.3 is 45.4 Å². The van der Waals surface area contributed by atoms with Crippen molar-refractivity contribution in [2.24, 2.45) is 17.3 Å². The highest BCUT2D eigenvalue weighted by atomic mass is 35.5. The van der Waals surface area contributed by atoms with E-state index in [-0.39, 0.29) is 24.8 Å². The van der Waals surface area contributed by atoms with Gasteiger partial charge in [-0.2, -0.15) is 0 Å². The first kappa shape index (κ1) is 33.9. The van der Waals surface area contributed by atoms with E-state index >= 15 is 0 Å². The van der Waals surface area contributed by atoms with Gasteiger partial charge in [-0.25, -0.2) is 14.4 Å². The Bertz CT molecular complexity index is 1280. The zero-order chi connectivity index (χ0) is 32.1. The molecule has 248 valence electrons. The average molecular weight is 652 g/mol. The average Bonchev–Trinajstić information content (AvgIpc) is 3.69. The normalized spacial score (nSPS) is 22.2. The van der Waals surface area contributed by atoms with Crippen molar-refractivity contribution in [1.29, 1.82) is 0 Å². The quantitative estimate of drug-likeness (QED) is 0.155. The fourth-order valence-corrected chi connectivity index (χ4v) is 6.44. The molecule has 1 aromatic carbocycles. The predicted molar refractivity (Wildman–Crippen MR) is 163 cm³/mol. The Morgan fingerprint density at radius 1 is 1.11 bits per heavy atom. The molecule has 1 aromatic heterocycles. The van der Waals surface area contributed by atoms with Crippen LogP contribution in [0.2, 0.25) is 5.02 Å². The summed E-state index contributed by atoms with van der Waals surface area (Å²) in [6.45, 7) is 3.42. The maximum absolute atomic E-state index is 14.8. The van der Waals surface area contributed by atoms with Gasteiger partial charge in [0.05, 0.1) is 49.8 Å². The number of benzene rings is 1. The lowest BCUT2D eigenvalue weighted by Crippen LogP contribution is -2.55. The summed E-state index contributed by atoms with van der Waals surface area (Å²) in [6.07, 6.45) is 0.274. The van der Waals surface area contributed by atoms with Crippen LogP contribution in [-0.4, -0.2) is 123 Å². The van der Waals surface area contributed by atoms with Crippen LogP contribution >= 0.6 is 11.6 Å². The largest absolute Gasteiger partial charge is 0.394 e. The maximum atomic E-state index is 14.8. The maximum Gasteiger partial charge on any atom is 0.227 e. The van der Waals surface area contributed by atoms with Crippen LogP contribution in [0.25, 0.3) is 0 Å². The number of amides is 1. The van der Waals surface area contributed by atoms with Crippen LogP contribution in [0.15, 0.2) is 30.6 Å². The molecule has 3 heterocycles. The Morgan fingerprint density at radius 2 is 1.80 bits per heavy atom. The number of nitrogens with one attached hydrogen (secondary N) is 1. The van der Waals surface area contributed by atoms with Gasteiger partial charge in [-0.3, -0.25) is 4.79 Å². The molecular weight excluding hydrogens is 609 g/mol. The van der Waals surface area contributed by atoms with Crippen LogP contribution in [0.3, 0.4) is 0 Å². The minimum Gasteiger partial charge on any atom is -0.394 e. The molecule has 0 radical (unpaired) electrons. The number of aliphatic hydroxyl groups excluding tert-OH is 5. The Balaban J connectivity index is 0.960. The van der Waals surface area contributed by atoms with Crippen molar-refractivity contribution in [2.75, 3.05) is 57.4 Å². The number of aromatic nitrogens is 2. The van der Waals surface area contributed by atoms with E-state index in [1.807, 2.05) is 0 Å². The van der Waals surface area contributed by atoms with Gasteiger partial charge in [0.25, 0.3) is 0 Å². The van der Waals surface area contributed by atoms with Crippen LogP contribution in [-0.2, 0) is 22.6 Å². The molecule has 2 saturated heterocycles. The van der Waals surface area contributed by atoms with Crippen LogP contribution in [0, 0.1) is 23.1 Å². The zero-order valence-electron chi connectivity index (χ0n) is 25.1. The number of nitrogens with zero attached hydrogens (tertiary/aromatic N) is 4. The standard InChI is InChI=1S/C31H43ClFN5O7/c32-23-11-35-30(36-12-23)37-5-3-31(4-6-37)9-22(31)18-45-17-19-1-2-21(24(33)7-19)8-27(42)38-14-20(15-38)10-34-13-25(40)28(43)29(44)26(41)16-39/h1-2,7,11-12,20,22,25-26,28-29,34,39-41,43-44H,3-6,8-10,13-18H2. The summed E-state index contributed by atoms with van der Waals surface area (Å²) in [6, 6.07) is 4.89. The highest BCUT2D eigenvalue weighted by molar-refractivity contribution is 6.30. The third-order valence-electron chi connectivity index (χ3n) is 9.48. The summed E-state index contributed by atoms with van der Waals surface area (Å²) >= 11 is 5.90. The molecule has 12 nitrogen and oxygen atoms in total. The first-order valence-corrected chi connectivity index (χ1v) is 15.9. The fourth-order valence-electron chi connectivity index (χ4n) is 6.34. The molecule has 3 fully saturated rings. The number of anilines is 1. The lowest BCUT2D eigenvalue weighted by Gasteiger charge is -2.39. The molecule has 14 heteroatoms. The number of likely N-dealkylation sites (tertiary alicyclic amines) is 1. The Labute approximate surface area is 266 Å². The van der Waals surface area contributed by atoms with E-state index in [0.717, 1.165) is 37.9 Å². The number of ether oxygens (including phenoxy) is 1. The van der Waals surface area contributed by atoms with E-state index in [1.54, 1.807) is 29.4 Å². The van der Waals surface area contributed by atoms with E-state index in [4.69, 9.17) is 21.4 Å². The van der Waals surface area contributed by atoms with Crippen LogP contribution in [0.5, 0.6) is 0 Å². The van der Waals surface area contributed by atoms with Gasteiger partial charge in [0.2, 0.25) is 11.9 Å². The van der Waals surface area contributed by atoms with E-state index < -0.39 is 36.8 Å². The summed E-state index contributed by atoms with van der Waals surface area (Å²) in [7, 11) is 0. The van der Waals surface area contributed by atoms with Gasteiger partial charge in [-0.1, -0.05) is 23.7 Å². The number of hydrogen-bond donors (Lipinski definition) is 6. The van der Waals surface area contributed by atoms with Crippen molar-refractivity contribution in [3.63, 3.8) is 0 Å². The molecule has 2 aromatic rings. The number of hydrogen-bond acceptors (Lipinski definition) is 11. The van der Waals surface area contributed by atoms with E-state index in [2.05, 4.69) is 20.2 Å². The molecule has 1 spiro atoms. The second kappa shape index (κ2) is 14.9. The molecule has 6 N–H and O–H groups in total. The summed E-state index contributed by atoms with van der Waals surface area (Å²) in [4.78, 5) is 25.2. The van der Waals surface area contributed by atoms with Gasteiger partial charge in [-0.05, 0) is 47.8 Å². The lowest BCUT2D eigenvalue weighted by molar-refractivity contribution is -0.136. The Morgan fingerprint density at radius 3 is 2.47 bits per heavy atom. The summed E-state index contributed by atoms with van der Waals surface area (Å²) in [5, 5.41) is 51.3. The lowest BCUT2D eigenvalue weighted by atomic mass is 9.91. The topological polar surface area (TPSA) is 172 Å². The summed E-state index contributed by atoms with van der Waals surface area (Å²) in [5.41, 5.74) is 1.38. The second-order valence-corrected chi connectivity index (χ2v) is 13.1. The molecule has 5 atom stereocenters. The summed E-state index contributed by atoms with van der Waals surface area (Å²) < 4.78 is 20.8. The molecule has 5 unspecified atom stereocenters. The molecule has 1 aliphatic carbocycles. The van der Waals surface area contributed by atoms with E-state index in [0.29, 0.717) is 60.7 Å². The van der Waals surface area contributed by atoms with Crippen molar-refractivity contribution in [2.45, 2.75) is 56.7 Å². The minimum absolute atomic E-state index is 0.0359. The number of rotatable bonds is 15. The highest BCUT2D eigenvalue weighted by Crippen LogP contribution is 2.59. The van der Waals surface area contributed by atoms with Gasteiger partial charge >= 0.3 is 0 Å². The SMILES string of the molecule is O=C(Cc1ccc(COCC2CC23CCN(c2ncc(Cl)cn2)CC3)cc1F)N1CC(CNCC(O)C(O)C(O)C(O)CO)C1. The van der Waals surface area contributed by atoms with E-state index in [1.165, 1.54) is 6.07 Å². The fraction of sp³-hybridized carbons (Fsp3) is 0.645. The number of halogens is 2. The van der Waals surface area contributed by atoms with Crippen LogP contribution in [0.1, 0.15) is 30.4 Å². The van der Waals surface area contributed by atoms with Crippen LogP contribution in [0.4, 0.5) is 10.3 Å². The molecular formula is C31H43ClFN5O7. The predicted octanol–water partition coefficient (Wildman–Crippen LogP) is 0.119.